The van der Waals surface area contributed by atoms with E-state index in [4.69, 9.17) is 14.4 Å². The highest BCUT2D eigenvalue weighted by molar-refractivity contribution is 6.56. The average Bonchev–Trinajstić information content (AvgIpc) is 2.18. The highest BCUT2D eigenvalue weighted by Gasteiger charge is 2.25. The molecule has 7 nitrogen and oxygen atoms in total. The quantitative estimate of drug-likeness (QED) is 0.292. The van der Waals surface area contributed by atoms with Crippen molar-refractivity contribution in [2.45, 2.75) is 12.5 Å². The van der Waals surface area contributed by atoms with Crippen LogP contribution >= 0.6 is 0 Å². The van der Waals surface area contributed by atoms with Crippen LogP contribution in [0.2, 0.25) is 6.04 Å². The van der Waals surface area contributed by atoms with Gasteiger partial charge >= 0.3 is 8.80 Å². The van der Waals surface area contributed by atoms with E-state index in [1.807, 2.05) is 0 Å². The molecule has 8 heteroatoms. The highest BCUT2D eigenvalue weighted by atomic mass is 28.4. The molecule has 1 aromatic rings. The van der Waals surface area contributed by atoms with Crippen LogP contribution < -0.4 is 0 Å². The normalized spacial score (nSPS) is 10.8. The Labute approximate surface area is 106 Å². The predicted molar refractivity (Wildman–Crippen MR) is 69.6 cm³/mol. The van der Waals surface area contributed by atoms with Gasteiger partial charge in [-0.3, -0.25) is 4.99 Å². The van der Waals surface area contributed by atoms with Gasteiger partial charge < -0.3 is 30.4 Å². The third kappa shape index (κ3) is 7.90. The lowest BCUT2D eigenvalue weighted by Crippen LogP contribution is -2.34. The van der Waals surface area contributed by atoms with Crippen LogP contribution in [0.3, 0.4) is 0 Å². The maximum atomic E-state index is 9.39. The van der Waals surface area contributed by atoms with Crippen molar-refractivity contribution < 1.29 is 30.4 Å². The molecule has 1 rings (SSSR count). The lowest BCUT2D eigenvalue weighted by molar-refractivity contribution is 0.227. The Morgan fingerprint density at radius 1 is 1.11 bits per heavy atom. The number of hydrogen-bond acceptors (Lipinski definition) is 5. The van der Waals surface area contributed by atoms with Gasteiger partial charge in [0.15, 0.2) is 0 Å². The Balaban J connectivity index is 0. The zero-order chi connectivity index (χ0) is 12.0. The van der Waals surface area contributed by atoms with Crippen LogP contribution in [0.4, 0.5) is 0 Å². The minimum absolute atomic E-state index is 0. The first-order valence-electron chi connectivity index (χ1n) is 4.94. The summed E-state index contributed by atoms with van der Waals surface area (Å²) in [7, 11) is -3.92. The first-order chi connectivity index (χ1) is 7.49. The number of hydrogen-bond donors (Lipinski definition) is 4. The molecular formula is C10H19NO6Si. The number of phenolic OH excluding ortho intramolecular Hbond substituents is 1. The standard InChI is InChI=1S/C10H15NO4Si.2H2O/c12-10-5-2-1-4-9(10)8-11-6-3-7-16(13,14)15;;/h1-2,4-5,8,12-15H,3,6-7H2;2*1H2. The number of rotatable bonds is 5. The molecule has 1 aromatic carbocycles. The number of benzene rings is 1. The Kier molecular flexibility index (Phi) is 9.26. The number of aliphatic imine (C=N–C) groups is 1. The van der Waals surface area contributed by atoms with Crippen LogP contribution in [-0.4, -0.2) is 52.0 Å². The van der Waals surface area contributed by atoms with Crippen molar-refractivity contribution in [3.05, 3.63) is 29.8 Å². The third-order valence-corrected chi connectivity index (χ3v) is 2.99. The van der Waals surface area contributed by atoms with Crippen molar-refractivity contribution in [3.63, 3.8) is 0 Å². The summed E-state index contributed by atoms with van der Waals surface area (Å²) in [4.78, 5) is 30.2. The van der Waals surface area contributed by atoms with E-state index in [9.17, 15) is 5.11 Å². The van der Waals surface area contributed by atoms with E-state index in [2.05, 4.69) is 4.99 Å². The summed E-state index contributed by atoms with van der Waals surface area (Å²) in [6.07, 6.45) is 1.92. The summed E-state index contributed by atoms with van der Waals surface area (Å²) in [5.74, 6) is 0.154. The summed E-state index contributed by atoms with van der Waals surface area (Å²) in [6.45, 7) is 0.380. The Bertz CT molecular complexity index is 366. The lowest BCUT2D eigenvalue weighted by atomic mass is 10.2. The minimum atomic E-state index is -3.92. The van der Waals surface area contributed by atoms with Gasteiger partial charge in [-0.15, -0.1) is 0 Å². The molecule has 0 saturated carbocycles. The number of para-hydroxylation sites is 1. The molecule has 0 fully saturated rings. The van der Waals surface area contributed by atoms with Gasteiger partial charge in [-0.2, -0.15) is 0 Å². The molecule has 0 unspecified atom stereocenters. The summed E-state index contributed by atoms with van der Waals surface area (Å²) in [6, 6.07) is 6.77. The Morgan fingerprint density at radius 3 is 2.28 bits per heavy atom. The van der Waals surface area contributed by atoms with Gasteiger partial charge in [-0.05, 0) is 18.6 Å². The molecule has 0 saturated heterocycles. The molecular weight excluding hydrogens is 258 g/mol. The number of phenols is 1. The van der Waals surface area contributed by atoms with Crippen LogP contribution in [0.15, 0.2) is 29.3 Å². The second-order valence-electron chi connectivity index (χ2n) is 3.47. The largest absolute Gasteiger partial charge is 0.507 e. The van der Waals surface area contributed by atoms with Gasteiger partial charge in [0.2, 0.25) is 0 Å². The van der Waals surface area contributed by atoms with Gasteiger partial charge in [-0.25, -0.2) is 0 Å². The molecule has 0 amide bonds. The SMILES string of the molecule is O.O.Oc1ccccc1C=NCCC[Si](O)(O)O. The zero-order valence-corrected chi connectivity index (χ0v) is 10.7. The van der Waals surface area contributed by atoms with Gasteiger partial charge in [0.05, 0.1) is 0 Å². The minimum Gasteiger partial charge on any atom is -0.507 e. The second kappa shape index (κ2) is 8.75. The smallest absolute Gasteiger partial charge is 0.492 e. The fourth-order valence-corrected chi connectivity index (χ4v) is 1.80. The van der Waals surface area contributed by atoms with Crippen molar-refractivity contribution in [3.8, 4) is 5.75 Å². The summed E-state index contributed by atoms with van der Waals surface area (Å²) in [5.41, 5.74) is 0.614. The van der Waals surface area contributed by atoms with E-state index in [0.717, 1.165) is 0 Å². The van der Waals surface area contributed by atoms with E-state index in [0.29, 0.717) is 18.5 Å². The van der Waals surface area contributed by atoms with E-state index >= 15 is 0 Å². The maximum absolute atomic E-state index is 9.39. The zero-order valence-electron chi connectivity index (χ0n) is 9.74. The van der Waals surface area contributed by atoms with Crippen LogP contribution in [0.1, 0.15) is 12.0 Å². The fourth-order valence-electron chi connectivity index (χ4n) is 1.17. The first-order valence-corrected chi connectivity index (χ1v) is 6.99. The summed E-state index contributed by atoms with van der Waals surface area (Å²) in [5, 5.41) is 9.39. The molecule has 104 valence electrons. The van der Waals surface area contributed by atoms with Crippen molar-refractivity contribution in [2.75, 3.05) is 6.54 Å². The van der Waals surface area contributed by atoms with E-state index in [-0.39, 0.29) is 22.7 Å². The maximum Gasteiger partial charge on any atom is 0.492 e. The molecule has 0 aliphatic heterocycles. The van der Waals surface area contributed by atoms with Crippen molar-refractivity contribution >= 4 is 15.0 Å². The lowest BCUT2D eigenvalue weighted by Gasteiger charge is -2.06. The van der Waals surface area contributed by atoms with Gasteiger partial charge in [0.1, 0.15) is 5.75 Å². The number of aromatic hydroxyl groups is 1. The van der Waals surface area contributed by atoms with Crippen LogP contribution in [-0.2, 0) is 0 Å². The molecule has 0 radical (unpaired) electrons. The average molecular weight is 277 g/mol. The summed E-state index contributed by atoms with van der Waals surface area (Å²) >= 11 is 0. The Hall–Kier alpha value is -1.29. The van der Waals surface area contributed by atoms with E-state index < -0.39 is 8.80 Å². The molecule has 18 heavy (non-hydrogen) atoms. The van der Waals surface area contributed by atoms with E-state index in [1.54, 1.807) is 24.3 Å². The summed E-state index contributed by atoms with van der Waals surface area (Å²) < 4.78 is 0. The molecule has 0 atom stereocenters. The van der Waals surface area contributed by atoms with Crippen LogP contribution in [0, 0.1) is 0 Å². The van der Waals surface area contributed by atoms with Crippen molar-refractivity contribution in [1.82, 2.24) is 0 Å². The molecule has 0 bridgehead atoms. The molecule has 0 aliphatic carbocycles. The van der Waals surface area contributed by atoms with Crippen LogP contribution in [0.25, 0.3) is 0 Å². The van der Waals surface area contributed by atoms with Gasteiger partial charge in [0, 0.05) is 24.4 Å². The Morgan fingerprint density at radius 2 is 1.72 bits per heavy atom. The highest BCUT2D eigenvalue weighted by Crippen LogP contribution is 2.12. The second-order valence-corrected chi connectivity index (χ2v) is 5.52. The first kappa shape index (κ1) is 19.1. The number of nitrogens with zero attached hydrogens (tertiary/aromatic N) is 1. The predicted octanol–water partition coefficient (Wildman–Crippen LogP) is -1.53. The molecule has 0 spiro atoms. The molecule has 0 aromatic heterocycles. The molecule has 8 N–H and O–H groups in total. The van der Waals surface area contributed by atoms with Gasteiger partial charge in [0.25, 0.3) is 0 Å². The van der Waals surface area contributed by atoms with Crippen molar-refractivity contribution in [1.29, 1.82) is 0 Å². The van der Waals surface area contributed by atoms with Crippen LogP contribution in [0.5, 0.6) is 5.75 Å². The van der Waals surface area contributed by atoms with E-state index in [1.165, 1.54) is 6.21 Å². The monoisotopic (exact) mass is 277 g/mol. The molecule has 0 aliphatic rings. The topological polar surface area (TPSA) is 156 Å². The molecule has 0 heterocycles. The van der Waals surface area contributed by atoms with Crippen molar-refractivity contribution in [2.24, 2.45) is 4.99 Å². The fraction of sp³-hybridized carbons (Fsp3) is 0.300. The third-order valence-electron chi connectivity index (χ3n) is 1.97. The van der Waals surface area contributed by atoms with Gasteiger partial charge in [-0.1, -0.05) is 12.1 Å².